The number of anilines is 2. The molecule has 1 atom stereocenters. The molecule has 2 heterocycles. The molecule has 2 rings (SSSR count). The van der Waals surface area contributed by atoms with Gasteiger partial charge >= 0.3 is 0 Å². The summed E-state index contributed by atoms with van der Waals surface area (Å²) in [7, 11) is 0. The summed E-state index contributed by atoms with van der Waals surface area (Å²) in [6.45, 7) is 6.57. The Bertz CT molecular complexity index is 564. The first-order chi connectivity index (χ1) is 9.00. The van der Waals surface area contributed by atoms with Gasteiger partial charge in [0.05, 0.1) is 5.69 Å². The third kappa shape index (κ3) is 2.78. The molecule has 19 heavy (non-hydrogen) atoms. The van der Waals surface area contributed by atoms with Crippen molar-refractivity contribution >= 4 is 23.2 Å². The Kier molecular flexibility index (Phi) is 3.90. The predicted octanol–water partition coefficient (Wildman–Crippen LogP) is 2.53. The van der Waals surface area contributed by atoms with Gasteiger partial charge in [-0.1, -0.05) is 23.7 Å². The maximum Gasteiger partial charge on any atom is 0.150 e. The van der Waals surface area contributed by atoms with Gasteiger partial charge < -0.3 is 15.6 Å². The highest BCUT2D eigenvalue weighted by Crippen LogP contribution is 2.26. The third-order valence-electron chi connectivity index (χ3n) is 2.97. The van der Waals surface area contributed by atoms with Gasteiger partial charge in [0, 0.05) is 18.0 Å². The Morgan fingerprint density at radius 1 is 1.42 bits per heavy atom. The van der Waals surface area contributed by atoms with Gasteiger partial charge in [-0.05, 0) is 13.8 Å². The number of hydrogen-bond acceptors (Lipinski definition) is 6. The van der Waals surface area contributed by atoms with E-state index in [4.69, 9.17) is 21.9 Å². The average Bonchev–Trinajstić information content (AvgIpc) is 2.71. The molecule has 0 aromatic carbocycles. The third-order valence-corrected chi connectivity index (χ3v) is 3.35. The van der Waals surface area contributed by atoms with E-state index in [2.05, 4.69) is 27.4 Å². The van der Waals surface area contributed by atoms with Gasteiger partial charge in [0.2, 0.25) is 0 Å². The van der Waals surface area contributed by atoms with Crippen LogP contribution in [0.15, 0.2) is 10.9 Å². The monoisotopic (exact) mass is 281 g/mol. The molecule has 102 valence electrons. The van der Waals surface area contributed by atoms with Crippen molar-refractivity contribution in [2.24, 2.45) is 0 Å². The smallest absolute Gasteiger partial charge is 0.150 e. The molecule has 0 amide bonds. The van der Waals surface area contributed by atoms with Crippen LogP contribution in [0.2, 0.25) is 5.02 Å². The summed E-state index contributed by atoms with van der Waals surface area (Å²) in [6, 6.07) is 0. The van der Waals surface area contributed by atoms with Crippen LogP contribution in [0.5, 0.6) is 0 Å². The molecular formula is C12H16ClN5O. The predicted molar refractivity (Wildman–Crippen MR) is 74.3 cm³/mol. The fourth-order valence-electron chi connectivity index (χ4n) is 2.05. The summed E-state index contributed by atoms with van der Waals surface area (Å²) in [5.41, 5.74) is 7.63. The van der Waals surface area contributed by atoms with Crippen molar-refractivity contribution in [1.29, 1.82) is 0 Å². The molecular weight excluding hydrogens is 266 g/mol. The minimum atomic E-state index is 0.221. The minimum Gasteiger partial charge on any atom is -0.382 e. The van der Waals surface area contributed by atoms with Crippen molar-refractivity contribution in [2.75, 3.05) is 17.6 Å². The highest BCUT2D eigenvalue weighted by Gasteiger charge is 2.17. The molecule has 2 aromatic rings. The van der Waals surface area contributed by atoms with E-state index in [1.54, 1.807) is 0 Å². The molecule has 0 saturated carbocycles. The van der Waals surface area contributed by atoms with Crippen molar-refractivity contribution in [3.8, 4) is 0 Å². The van der Waals surface area contributed by atoms with E-state index >= 15 is 0 Å². The van der Waals surface area contributed by atoms with E-state index in [1.165, 1.54) is 6.33 Å². The lowest BCUT2D eigenvalue weighted by Gasteiger charge is -2.13. The fourth-order valence-corrected chi connectivity index (χ4v) is 2.22. The van der Waals surface area contributed by atoms with Crippen LogP contribution in [-0.4, -0.2) is 21.7 Å². The molecule has 0 bridgehead atoms. The Balaban J connectivity index is 2.09. The summed E-state index contributed by atoms with van der Waals surface area (Å²) >= 11 is 6.02. The molecule has 0 fully saturated rings. The molecule has 6 nitrogen and oxygen atoms in total. The molecule has 3 N–H and O–H groups in total. The first kappa shape index (κ1) is 13.6. The number of rotatable bonds is 4. The van der Waals surface area contributed by atoms with Crippen LogP contribution in [0.25, 0.3) is 0 Å². The van der Waals surface area contributed by atoms with Crippen molar-refractivity contribution in [2.45, 2.75) is 26.7 Å². The number of aromatic nitrogens is 3. The molecule has 0 saturated heterocycles. The number of nitrogens with two attached hydrogens (primary N) is 1. The fraction of sp³-hybridized carbons (Fsp3) is 0.417. The van der Waals surface area contributed by atoms with E-state index in [9.17, 15) is 0 Å². The Hall–Kier alpha value is -1.82. The molecule has 0 radical (unpaired) electrons. The van der Waals surface area contributed by atoms with E-state index < -0.39 is 0 Å². The second-order valence-corrected chi connectivity index (χ2v) is 4.82. The zero-order chi connectivity index (χ0) is 14.0. The topological polar surface area (TPSA) is 89.9 Å². The summed E-state index contributed by atoms with van der Waals surface area (Å²) < 4.78 is 5.16. The summed E-state index contributed by atoms with van der Waals surface area (Å²) in [4.78, 5) is 7.88. The standard InChI is InChI=1S/C12H16ClN5O/c1-6(9-7(2)18-19-8(9)3)4-15-12-10(13)11(14)16-5-17-12/h5-6H,4H2,1-3H3,(H3,14,15,16,17)/t6-/m0/s1. The largest absolute Gasteiger partial charge is 0.382 e. The van der Waals surface area contributed by atoms with Crippen LogP contribution in [0, 0.1) is 13.8 Å². The van der Waals surface area contributed by atoms with Gasteiger partial charge in [0.1, 0.15) is 28.7 Å². The van der Waals surface area contributed by atoms with Crippen molar-refractivity contribution < 1.29 is 4.52 Å². The first-order valence-corrected chi connectivity index (χ1v) is 6.31. The quantitative estimate of drug-likeness (QED) is 0.895. The number of nitrogen functional groups attached to an aromatic ring is 1. The second kappa shape index (κ2) is 5.44. The Morgan fingerprint density at radius 3 is 2.79 bits per heavy atom. The van der Waals surface area contributed by atoms with Crippen LogP contribution >= 0.6 is 11.6 Å². The van der Waals surface area contributed by atoms with Crippen molar-refractivity contribution in [3.63, 3.8) is 0 Å². The minimum absolute atomic E-state index is 0.221. The Morgan fingerprint density at radius 2 is 2.16 bits per heavy atom. The van der Waals surface area contributed by atoms with E-state index in [0.29, 0.717) is 17.4 Å². The number of nitrogens with zero attached hydrogens (tertiary/aromatic N) is 3. The zero-order valence-electron chi connectivity index (χ0n) is 11.1. The van der Waals surface area contributed by atoms with Crippen molar-refractivity contribution in [3.05, 3.63) is 28.4 Å². The van der Waals surface area contributed by atoms with E-state index in [1.807, 2.05) is 13.8 Å². The van der Waals surface area contributed by atoms with E-state index in [0.717, 1.165) is 17.0 Å². The lowest BCUT2D eigenvalue weighted by Crippen LogP contribution is -2.13. The average molecular weight is 282 g/mol. The molecule has 0 aliphatic heterocycles. The first-order valence-electron chi connectivity index (χ1n) is 5.93. The lowest BCUT2D eigenvalue weighted by molar-refractivity contribution is 0.391. The van der Waals surface area contributed by atoms with Gasteiger partial charge in [0.25, 0.3) is 0 Å². The van der Waals surface area contributed by atoms with Gasteiger partial charge in [-0.3, -0.25) is 0 Å². The molecule has 0 aliphatic carbocycles. The second-order valence-electron chi connectivity index (χ2n) is 4.44. The van der Waals surface area contributed by atoms with E-state index in [-0.39, 0.29) is 11.7 Å². The van der Waals surface area contributed by atoms with Gasteiger partial charge in [-0.2, -0.15) is 0 Å². The summed E-state index contributed by atoms with van der Waals surface area (Å²) in [5, 5.41) is 7.45. The number of halogens is 1. The molecule has 7 heteroatoms. The maximum atomic E-state index is 6.02. The summed E-state index contributed by atoms with van der Waals surface area (Å²) in [5.74, 6) is 1.86. The summed E-state index contributed by atoms with van der Waals surface area (Å²) in [6.07, 6.45) is 1.38. The van der Waals surface area contributed by atoms with Gasteiger partial charge in [0.15, 0.2) is 0 Å². The SMILES string of the molecule is Cc1noc(C)c1[C@@H](C)CNc1ncnc(N)c1Cl. The highest BCUT2D eigenvalue weighted by molar-refractivity contribution is 6.35. The van der Waals surface area contributed by atoms with Gasteiger partial charge in [-0.25, -0.2) is 9.97 Å². The van der Waals surface area contributed by atoms with Gasteiger partial charge in [-0.15, -0.1) is 0 Å². The van der Waals surface area contributed by atoms with Crippen molar-refractivity contribution in [1.82, 2.24) is 15.1 Å². The molecule has 2 aromatic heterocycles. The lowest BCUT2D eigenvalue weighted by atomic mass is 10.00. The number of aryl methyl sites for hydroxylation is 2. The van der Waals surface area contributed by atoms with Crippen LogP contribution < -0.4 is 11.1 Å². The number of hydrogen-bond donors (Lipinski definition) is 2. The number of nitrogens with one attached hydrogen (secondary N) is 1. The van der Waals surface area contributed by atoms with Crippen LogP contribution in [0.4, 0.5) is 11.6 Å². The highest BCUT2D eigenvalue weighted by atomic mass is 35.5. The molecule has 0 unspecified atom stereocenters. The normalized spacial score (nSPS) is 12.4. The van der Waals surface area contributed by atoms with Crippen LogP contribution in [0.1, 0.15) is 29.9 Å². The van der Waals surface area contributed by atoms with Crippen LogP contribution in [-0.2, 0) is 0 Å². The Labute approximate surface area is 116 Å². The molecule has 0 aliphatic rings. The molecule has 0 spiro atoms. The van der Waals surface area contributed by atoms with Crippen LogP contribution in [0.3, 0.4) is 0 Å². The zero-order valence-corrected chi connectivity index (χ0v) is 11.8. The maximum absolute atomic E-state index is 6.02.